The van der Waals surface area contributed by atoms with Gasteiger partial charge in [-0.1, -0.05) is 31.0 Å². The van der Waals surface area contributed by atoms with Crippen molar-refractivity contribution in [3.05, 3.63) is 34.9 Å². The summed E-state index contributed by atoms with van der Waals surface area (Å²) in [4.78, 5) is 0. The number of hydrogen-bond donors (Lipinski definition) is 1. The van der Waals surface area contributed by atoms with Crippen molar-refractivity contribution in [2.24, 2.45) is 17.6 Å². The van der Waals surface area contributed by atoms with Crippen molar-refractivity contribution in [2.45, 2.75) is 58.2 Å². The van der Waals surface area contributed by atoms with E-state index >= 15 is 0 Å². The molecule has 1 nitrogen and oxygen atoms in total. The molecule has 0 saturated heterocycles. The van der Waals surface area contributed by atoms with E-state index in [2.05, 4.69) is 0 Å². The maximum Gasteiger partial charge on any atom is 0.392 e. The van der Waals surface area contributed by atoms with Crippen LogP contribution in [-0.2, 0) is 6.42 Å². The number of nitrogens with two attached hydrogens (primary N) is 1. The van der Waals surface area contributed by atoms with Crippen LogP contribution in [0.1, 0.15) is 42.4 Å². The molecule has 1 saturated carbocycles. The fourth-order valence-electron chi connectivity index (χ4n) is 3.64. The maximum absolute atomic E-state index is 13.2. The molecule has 0 spiro atoms. The average Bonchev–Trinajstić information content (AvgIpc) is 2.42. The average molecular weight is 299 g/mol. The molecule has 1 aliphatic rings. The van der Waals surface area contributed by atoms with E-state index in [1.807, 2.05) is 32.0 Å². The highest BCUT2D eigenvalue weighted by Gasteiger charge is 2.47. The predicted molar refractivity (Wildman–Crippen MR) is 79.1 cm³/mol. The molecule has 1 aromatic carbocycles. The van der Waals surface area contributed by atoms with Crippen molar-refractivity contribution in [3.63, 3.8) is 0 Å². The van der Waals surface area contributed by atoms with Crippen molar-refractivity contribution in [1.29, 1.82) is 0 Å². The van der Waals surface area contributed by atoms with Crippen LogP contribution in [0.2, 0.25) is 0 Å². The van der Waals surface area contributed by atoms with E-state index in [0.717, 1.165) is 23.1 Å². The van der Waals surface area contributed by atoms with Crippen LogP contribution in [0, 0.1) is 25.7 Å². The van der Waals surface area contributed by atoms with Gasteiger partial charge in [-0.15, -0.1) is 0 Å². The first-order valence-electron chi connectivity index (χ1n) is 7.68. The van der Waals surface area contributed by atoms with E-state index in [1.165, 1.54) is 0 Å². The van der Waals surface area contributed by atoms with Crippen molar-refractivity contribution in [2.75, 3.05) is 0 Å². The zero-order valence-electron chi connectivity index (χ0n) is 12.7. The zero-order chi connectivity index (χ0) is 15.6. The maximum atomic E-state index is 13.2. The lowest BCUT2D eigenvalue weighted by atomic mass is 9.73. The summed E-state index contributed by atoms with van der Waals surface area (Å²) in [5.41, 5.74) is 9.54. The highest BCUT2D eigenvalue weighted by Crippen LogP contribution is 2.43. The number of alkyl halides is 3. The second-order valence-corrected chi connectivity index (χ2v) is 6.33. The highest BCUT2D eigenvalue weighted by atomic mass is 19.4. The van der Waals surface area contributed by atoms with E-state index in [4.69, 9.17) is 5.73 Å². The van der Waals surface area contributed by atoms with Gasteiger partial charge in [-0.2, -0.15) is 13.2 Å². The van der Waals surface area contributed by atoms with Gasteiger partial charge in [0.2, 0.25) is 0 Å². The van der Waals surface area contributed by atoms with Gasteiger partial charge in [-0.25, -0.2) is 0 Å². The smallest absolute Gasteiger partial charge is 0.327 e. The lowest BCUT2D eigenvalue weighted by Crippen LogP contribution is -2.44. The molecule has 0 aliphatic heterocycles. The Morgan fingerprint density at radius 1 is 1.14 bits per heavy atom. The molecule has 0 heterocycles. The summed E-state index contributed by atoms with van der Waals surface area (Å²) in [6.07, 6.45) is -1.24. The molecule has 0 radical (unpaired) electrons. The second kappa shape index (κ2) is 6.39. The molecule has 3 unspecified atom stereocenters. The Morgan fingerprint density at radius 2 is 1.71 bits per heavy atom. The topological polar surface area (TPSA) is 26.0 Å². The Kier molecular flexibility index (Phi) is 4.97. The van der Waals surface area contributed by atoms with Crippen molar-refractivity contribution in [1.82, 2.24) is 0 Å². The summed E-state index contributed by atoms with van der Waals surface area (Å²) in [7, 11) is 0. The number of aryl methyl sites for hydroxylation is 2. The van der Waals surface area contributed by atoms with E-state index < -0.39 is 24.1 Å². The molecule has 1 aromatic rings. The number of benzene rings is 1. The molecular formula is C17H24F3N. The third-order valence-corrected chi connectivity index (χ3v) is 4.87. The molecule has 118 valence electrons. The molecule has 0 aromatic heterocycles. The monoisotopic (exact) mass is 299 g/mol. The molecule has 21 heavy (non-hydrogen) atoms. The van der Waals surface area contributed by atoms with Crippen LogP contribution in [0.25, 0.3) is 0 Å². The van der Waals surface area contributed by atoms with Crippen LogP contribution in [0.3, 0.4) is 0 Å². The van der Waals surface area contributed by atoms with Gasteiger partial charge in [0, 0.05) is 6.04 Å². The minimum atomic E-state index is -4.12. The third kappa shape index (κ3) is 3.79. The van der Waals surface area contributed by atoms with E-state index in [9.17, 15) is 13.2 Å². The number of hydrogen-bond acceptors (Lipinski definition) is 1. The molecule has 2 rings (SSSR count). The van der Waals surface area contributed by atoms with Gasteiger partial charge < -0.3 is 5.73 Å². The molecule has 4 heteroatoms. The standard InChI is InChI=1S/C17H24F3N/c1-11-6-5-7-12(2)14(11)10-16(21)13-8-3-4-9-15(13)17(18,19)20/h5-7,13,15-16H,3-4,8-10,21H2,1-2H3. The summed E-state index contributed by atoms with van der Waals surface area (Å²) in [5, 5.41) is 0. The Hall–Kier alpha value is -1.03. The Bertz CT molecular complexity index is 461. The van der Waals surface area contributed by atoms with Gasteiger partial charge >= 0.3 is 6.18 Å². The first-order valence-corrected chi connectivity index (χ1v) is 7.68. The van der Waals surface area contributed by atoms with Crippen molar-refractivity contribution < 1.29 is 13.2 Å². The second-order valence-electron chi connectivity index (χ2n) is 6.33. The van der Waals surface area contributed by atoms with Gasteiger partial charge in [-0.3, -0.25) is 0 Å². The van der Waals surface area contributed by atoms with E-state index in [0.29, 0.717) is 19.3 Å². The summed E-state index contributed by atoms with van der Waals surface area (Å²) in [6, 6.07) is 5.55. The summed E-state index contributed by atoms with van der Waals surface area (Å²) < 4.78 is 39.6. The summed E-state index contributed by atoms with van der Waals surface area (Å²) in [5.74, 6) is -1.68. The lowest BCUT2D eigenvalue weighted by Gasteiger charge is -2.37. The largest absolute Gasteiger partial charge is 0.392 e. The Balaban J connectivity index is 2.16. The molecule has 0 amide bonds. The fraction of sp³-hybridized carbons (Fsp3) is 0.647. The lowest BCUT2D eigenvalue weighted by molar-refractivity contribution is -0.198. The third-order valence-electron chi connectivity index (χ3n) is 4.87. The van der Waals surface area contributed by atoms with Crippen LogP contribution in [0.15, 0.2) is 18.2 Å². The van der Waals surface area contributed by atoms with Gasteiger partial charge in [0.1, 0.15) is 0 Å². The minimum Gasteiger partial charge on any atom is -0.327 e. The first-order chi connectivity index (χ1) is 9.80. The molecular weight excluding hydrogens is 275 g/mol. The normalized spacial score (nSPS) is 24.9. The molecule has 1 aliphatic carbocycles. The van der Waals surface area contributed by atoms with Crippen LogP contribution >= 0.6 is 0 Å². The fourth-order valence-corrected chi connectivity index (χ4v) is 3.64. The van der Waals surface area contributed by atoms with E-state index in [-0.39, 0.29) is 6.42 Å². The van der Waals surface area contributed by atoms with Gasteiger partial charge in [-0.05, 0) is 55.7 Å². The summed E-state index contributed by atoms with van der Waals surface area (Å²) in [6.45, 7) is 3.99. The Morgan fingerprint density at radius 3 is 2.29 bits per heavy atom. The van der Waals surface area contributed by atoms with Crippen LogP contribution < -0.4 is 5.73 Å². The highest BCUT2D eigenvalue weighted by molar-refractivity contribution is 5.34. The zero-order valence-corrected chi connectivity index (χ0v) is 12.7. The van der Waals surface area contributed by atoms with Crippen molar-refractivity contribution in [3.8, 4) is 0 Å². The first kappa shape index (κ1) is 16.3. The van der Waals surface area contributed by atoms with Crippen LogP contribution in [-0.4, -0.2) is 12.2 Å². The molecule has 2 N–H and O–H groups in total. The molecule has 3 atom stereocenters. The van der Waals surface area contributed by atoms with E-state index in [1.54, 1.807) is 0 Å². The molecule has 1 fully saturated rings. The van der Waals surface area contributed by atoms with Gasteiger partial charge in [0.05, 0.1) is 5.92 Å². The van der Waals surface area contributed by atoms with Gasteiger partial charge in [0.25, 0.3) is 0 Å². The van der Waals surface area contributed by atoms with Gasteiger partial charge in [0.15, 0.2) is 0 Å². The number of rotatable bonds is 3. The van der Waals surface area contributed by atoms with Crippen molar-refractivity contribution >= 4 is 0 Å². The van der Waals surface area contributed by atoms with Crippen LogP contribution in [0.5, 0.6) is 0 Å². The summed E-state index contributed by atoms with van der Waals surface area (Å²) >= 11 is 0. The molecule has 0 bridgehead atoms. The minimum absolute atomic E-state index is 0.231. The van der Waals surface area contributed by atoms with Crippen LogP contribution in [0.4, 0.5) is 13.2 Å². The number of halogens is 3. The SMILES string of the molecule is Cc1cccc(C)c1CC(N)C1CCCCC1C(F)(F)F. The quantitative estimate of drug-likeness (QED) is 0.871. The predicted octanol–water partition coefficient (Wildman–Crippen LogP) is 4.54. The Labute approximate surface area is 124 Å².